The molecule has 1 aliphatic heterocycles. The van der Waals surface area contributed by atoms with Crippen molar-refractivity contribution < 1.29 is 0 Å². The van der Waals surface area contributed by atoms with Gasteiger partial charge in [0.2, 0.25) is 0 Å². The second-order valence-electron chi connectivity index (χ2n) is 14.5. The Hall–Kier alpha value is -2.45. The molecule has 0 unspecified atom stereocenters. The van der Waals surface area contributed by atoms with Gasteiger partial charge in [-0.25, -0.2) is 0 Å². The monoisotopic (exact) mass is 645 g/mol. The SMILES string of the molecule is CCC1CCCCC1.CCC1CCN(C)CC1.CCCC(C)C.Cc1ccc(C(C)C)cc1.Cc1ccccc1.Cc1cccnc1. The smallest absolute Gasteiger partial charge is 0.0297 e. The molecular formula is C45H76N2. The summed E-state index contributed by atoms with van der Waals surface area (Å²) < 4.78 is 0. The van der Waals surface area contributed by atoms with Gasteiger partial charge in [0.05, 0.1) is 0 Å². The summed E-state index contributed by atoms with van der Waals surface area (Å²) in [5, 5.41) is 0. The molecule has 47 heavy (non-hydrogen) atoms. The zero-order valence-electron chi connectivity index (χ0n) is 32.9. The molecule has 2 heteroatoms. The zero-order chi connectivity index (χ0) is 35.3. The fraction of sp³-hybridized carbons (Fsp3) is 0.622. The van der Waals surface area contributed by atoms with Crippen LogP contribution >= 0.6 is 0 Å². The summed E-state index contributed by atoms with van der Waals surface area (Å²) in [5.74, 6) is 3.67. The Kier molecular flexibility index (Phi) is 28.1. The maximum atomic E-state index is 3.88. The van der Waals surface area contributed by atoms with E-state index in [-0.39, 0.29) is 0 Å². The van der Waals surface area contributed by atoms with Crippen LogP contribution in [0.15, 0.2) is 79.1 Å². The van der Waals surface area contributed by atoms with E-state index in [2.05, 4.69) is 116 Å². The van der Waals surface area contributed by atoms with Crippen molar-refractivity contribution in [1.82, 2.24) is 9.88 Å². The summed E-state index contributed by atoms with van der Waals surface area (Å²) >= 11 is 0. The van der Waals surface area contributed by atoms with Crippen molar-refractivity contribution in [3.8, 4) is 0 Å². The van der Waals surface area contributed by atoms with Gasteiger partial charge in [-0.3, -0.25) is 4.98 Å². The van der Waals surface area contributed by atoms with Crippen molar-refractivity contribution in [2.24, 2.45) is 17.8 Å². The third-order valence-electron chi connectivity index (χ3n) is 9.08. The van der Waals surface area contributed by atoms with Gasteiger partial charge in [0, 0.05) is 12.4 Å². The molecule has 2 nitrogen and oxygen atoms in total. The van der Waals surface area contributed by atoms with Crippen LogP contribution in [-0.4, -0.2) is 30.0 Å². The minimum absolute atomic E-state index is 0.653. The lowest BCUT2D eigenvalue weighted by Gasteiger charge is -2.27. The van der Waals surface area contributed by atoms with E-state index in [0.717, 1.165) is 17.8 Å². The molecule has 1 aliphatic carbocycles. The fourth-order valence-electron chi connectivity index (χ4n) is 5.58. The molecule has 5 rings (SSSR count). The van der Waals surface area contributed by atoms with Gasteiger partial charge in [0.15, 0.2) is 0 Å². The maximum Gasteiger partial charge on any atom is 0.0297 e. The molecule has 2 fully saturated rings. The quantitative estimate of drug-likeness (QED) is 0.275. The molecule has 266 valence electrons. The van der Waals surface area contributed by atoms with Crippen LogP contribution in [0.1, 0.15) is 147 Å². The van der Waals surface area contributed by atoms with Crippen LogP contribution in [0.4, 0.5) is 0 Å². The number of benzene rings is 2. The van der Waals surface area contributed by atoms with Gasteiger partial charge >= 0.3 is 0 Å². The number of aryl methyl sites for hydroxylation is 3. The number of hydrogen-bond donors (Lipinski definition) is 0. The number of hydrogen-bond acceptors (Lipinski definition) is 2. The Labute approximate surface area is 294 Å². The van der Waals surface area contributed by atoms with E-state index in [0.29, 0.717) is 5.92 Å². The van der Waals surface area contributed by atoms with Crippen LogP contribution in [0.25, 0.3) is 0 Å². The zero-order valence-corrected chi connectivity index (χ0v) is 32.9. The Morgan fingerprint density at radius 3 is 1.47 bits per heavy atom. The van der Waals surface area contributed by atoms with Crippen molar-refractivity contribution in [2.45, 2.75) is 146 Å². The van der Waals surface area contributed by atoms with Crippen LogP contribution in [0.3, 0.4) is 0 Å². The van der Waals surface area contributed by atoms with Gasteiger partial charge in [0.25, 0.3) is 0 Å². The Morgan fingerprint density at radius 1 is 0.638 bits per heavy atom. The summed E-state index contributed by atoms with van der Waals surface area (Å²) in [6.07, 6.45) is 19.5. The van der Waals surface area contributed by atoms with Gasteiger partial charge in [0.1, 0.15) is 0 Å². The average Bonchev–Trinajstić information content (AvgIpc) is 3.08. The molecule has 1 saturated heterocycles. The van der Waals surface area contributed by atoms with E-state index in [1.807, 2.05) is 43.5 Å². The predicted octanol–water partition coefficient (Wildman–Crippen LogP) is 13.7. The normalized spacial score (nSPS) is 14.8. The average molecular weight is 645 g/mol. The Bertz CT molecular complexity index is 991. The lowest BCUT2D eigenvalue weighted by molar-refractivity contribution is 0.216. The number of pyridine rings is 1. The lowest BCUT2D eigenvalue weighted by atomic mass is 9.88. The van der Waals surface area contributed by atoms with E-state index in [1.54, 1.807) is 6.20 Å². The molecule has 0 bridgehead atoms. The largest absolute Gasteiger partial charge is 0.306 e. The highest BCUT2D eigenvalue weighted by Crippen LogP contribution is 2.25. The third-order valence-corrected chi connectivity index (χ3v) is 9.08. The van der Waals surface area contributed by atoms with Gasteiger partial charge in [-0.05, 0) is 94.6 Å². The molecule has 0 spiro atoms. The van der Waals surface area contributed by atoms with Crippen molar-refractivity contribution in [3.63, 3.8) is 0 Å². The molecular weight excluding hydrogens is 569 g/mol. The Balaban J connectivity index is 0.000000545. The third kappa shape index (κ3) is 27.2. The summed E-state index contributed by atoms with van der Waals surface area (Å²) in [6, 6.07) is 22.9. The minimum Gasteiger partial charge on any atom is -0.306 e. The van der Waals surface area contributed by atoms with E-state index >= 15 is 0 Å². The van der Waals surface area contributed by atoms with Gasteiger partial charge in [-0.1, -0.05) is 178 Å². The van der Waals surface area contributed by atoms with Crippen LogP contribution in [0, 0.1) is 38.5 Å². The van der Waals surface area contributed by atoms with E-state index < -0.39 is 0 Å². The lowest BCUT2D eigenvalue weighted by Crippen LogP contribution is -2.29. The topological polar surface area (TPSA) is 16.1 Å². The van der Waals surface area contributed by atoms with Crippen molar-refractivity contribution in [2.75, 3.05) is 20.1 Å². The molecule has 2 heterocycles. The number of likely N-dealkylation sites (tertiary alicyclic amines) is 1. The van der Waals surface area contributed by atoms with Gasteiger partial charge < -0.3 is 4.90 Å². The highest BCUT2D eigenvalue weighted by Gasteiger charge is 2.13. The van der Waals surface area contributed by atoms with E-state index in [9.17, 15) is 0 Å². The molecule has 0 atom stereocenters. The first-order valence-corrected chi connectivity index (χ1v) is 19.1. The van der Waals surface area contributed by atoms with E-state index in [1.165, 1.54) is 106 Å². The molecule has 0 N–H and O–H groups in total. The number of nitrogens with zero attached hydrogens (tertiary/aromatic N) is 2. The molecule has 0 radical (unpaired) electrons. The van der Waals surface area contributed by atoms with E-state index in [4.69, 9.17) is 0 Å². The summed E-state index contributed by atoms with van der Waals surface area (Å²) in [6.45, 7) is 24.6. The van der Waals surface area contributed by atoms with Crippen LogP contribution in [0.2, 0.25) is 0 Å². The number of piperidine rings is 1. The summed E-state index contributed by atoms with van der Waals surface area (Å²) in [4.78, 5) is 6.31. The Morgan fingerprint density at radius 2 is 1.15 bits per heavy atom. The first-order valence-electron chi connectivity index (χ1n) is 19.1. The minimum atomic E-state index is 0.653. The summed E-state index contributed by atoms with van der Waals surface area (Å²) in [5.41, 5.74) is 5.29. The predicted molar refractivity (Wildman–Crippen MR) is 213 cm³/mol. The molecule has 1 aromatic heterocycles. The second-order valence-corrected chi connectivity index (χ2v) is 14.5. The molecule has 0 amide bonds. The number of aromatic nitrogens is 1. The fourth-order valence-corrected chi connectivity index (χ4v) is 5.58. The second kappa shape index (κ2) is 29.7. The van der Waals surface area contributed by atoms with Crippen LogP contribution < -0.4 is 0 Å². The van der Waals surface area contributed by atoms with Crippen LogP contribution in [0.5, 0.6) is 0 Å². The van der Waals surface area contributed by atoms with Crippen molar-refractivity contribution >= 4 is 0 Å². The van der Waals surface area contributed by atoms with Crippen molar-refractivity contribution in [1.29, 1.82) is 0 Å². The van der Waals surface area contributed by atoms with Crippen molar-refractivity contribution in [3.05, 3.63) is 101 Å². The van der Waals surface area contributed by atoms with Crippen LogP contribution in [-0.2, 0) is 0 Å². The number of rotatable bonds is 5. The molecule has 3 aromatic rings. The van der Waals surface area contributed by atoms with Gasteiger partial charge in [-0.2, -0.15) is 0 Å². The first kappa shape index (κ1) is 44.5. The molecule has 2 aromatic carbocycles. The maximum absolute atomic E-state index is 3.88. The standard InChI is InChI=1S/C10H14.C8H17N.C8H16.C7H8.C6H7N.C6H14/c1-8(2)10-6-4-9(3)5-7-10;1-3-8-4-6-9(2)7-5-8;1-2-8-6-4-3-5-7-8;1-7-5-3-2-4-6-7;1-6-3-2-4-7-5-6;1-4-5-6(2)3/h4-8H,1-3H3;8H,3-7H2,1-2H3;8H,2-7H2,1H3;2-6H,1H3;2-5H,1H3;6H,4-5H2,1-3H3. The molecule has 1 saturated carbocycles. The molecule has 2 aliphatic rings. The highest BCUT2D eigenvalue weighted by molar-refractivity contribution is 5.23. The highest BCUT2D eigenvalue weighted by atomic mass is 15.1. The first-order chi connectivity index (χ1) is 22.5. The summed E-state index contributed by atoms with van der Waals surface area (Å²) in [7, 11) is 2.21. The van der Waals surface area contributed by atoms with Gasteiger partial charge in [-0.15, -0.1) is 0 Å².